The van der Waals surface area contributed by atoms with Crippen LogP contribution in [0.1, 0.15) is 24.8 Å². The van der Waals surface area contributed by atoms with E-state index in [0.717, 1.165) is 18.6 Å². The van der Waals surface area contributed by atoms with Crippen LogP contribution in [0, 0.1) is 11.2 Å². The molecule has 3 N–H and O–H groups in total. The Bertz CT molecular complexity index is 1210. The minimum Gasteiger partial charge on any atom is -0.460 e. The van der Waals surface area contributed by atoms with E-state index < -0.39 is 11.8 Å². The number of carbonyl (C=O) groups excluding carboxylic acids is 1. The molecule has 10 heteroatoms. The first-order chi connectivity index (χ1) is 17.0. The van der Waals surface area contributed by atoms with Gasteiger partial charge >= 0.3 is 5.97 Å². The van der Waals surface area contributed by atoms with E-state index >= 15 is 4.39 Å². The highest BCUT2D eigenvalue weighted by molar-refractivity contribution is 5.94. The van der Waals surface area contributed by atoms with Gasteiger partial charge in [-0.2, -0.15) is 0 Å². The number of aromatic nitrogens is 2. The molecule has 0 spiro atoms. The number of piperidine rings is 1. The average molecular weight is 477 g/mol. The zero-order valence-corrected chi connectivity index (χ0v) is 19.0. The molecule has 1 aromatic heterocycles. The Balaban J connectivity index is 1.36. The van der Waals surface area contributed by atoms with Crippen molar-refractivity contribution in [3.8, 4) is 16.9 Å². The normalized spacial score (nSPS) is 13.3. The Kier molecular flexibility index (Phi) is 7.61. The minimum atomic E-state index is -0.684. The number of amidine groups is 1. The summed E-state index contributed by atoms with van der Waals surface area (Å²) >= 11 is 0. The van der Waals surface area contributed by atoms with Gasteiger partial charge in [0.15, 0.2) is 5.75 Å². The lowest BCUT2D eigenvalue weighted by atomic mass is 10.0. The number of nitrogens with two attached hydrogens (primary N) is 1. The van der Waals surface area contributed by atoms with Crippen molar-refractivity contribution in [2.75, 3.05) is 18.0 Å². The first kappa shape index (κ1) is 23.8. The highest BCUT2D eigenvalue weighted by atomic mass is 19.1. The molecule has 2 heterocycles. The second kappa shape index (κ2) is 11.2. The number of carbonyl (C=O) groups is 1. The topological polar surface area (TPSA) is 127 Å². The molecule has 35 heavy (non-hydrogen) atoms. The molecule has 1 aliphatic heterocycles. The Morgan fingerprint density at radius 3 is 2.49 bits per heavy atom. The van der Waals surface area contributed by atoms with Crippen LogP contribution in [0.2, 0.25) is 0 Å². The summed E-state index contributed by atoms with van der Waals surface area (Å²) in [6.07, 6.45) is 4.29. The highest BCUT2D eigenvalue weighted by Gasteiger charge is 2.19. The second-order valence-electron chi connectivity index (χ2n) is 7.96. The van der Waals surface area contributed by atoms with E-state index in [2.05, 4.69) is 15.1 Å². The van der Waals surface area contributed by atoms with E-state index in [1.807, 2.05) is 35.2 Å². The summed E-state index contributed by atoms with van der Waals surface area (Å²) in [5.41, 5.74) is 7.19. The number of halogens is 1. The van der Waals surface area contributed by atoms with Crippen LogP contribution in [0.4, 0.5) is 10.3 Å². The summed E-state index contributed by atoms with van der Waals surface area (Å²) in [6.45, 7) is 1.15. The van der Waals surface area contributed by atoms with Crippen LogP contribution in [0.15, 0.2) is 66.1 Å². The van der Waals surface area contributed by atoms with Crippen molar-refractivity contribution in [1.29, 1.82) is 5.41 Å². The average Bonchev–Trinajstić information content (AvgIpc) is 2.88. The Morgan fingerprint density at radius 2 is 1.80 bits per heavy atom. The molecule has 9 nitrogen and oxygen atoms in total. The molecule has 0 aliphatic carbocycles. The molecule has 3 aromatic rings. The van der Waals surface area contributed by atoms with Crippen LogP contribution in [0.5, 0.6) is 5.75 Å². The third kappa shape index (κ3) is 6.38. The van der Waals surface area contributed by atoms with Crippen molar-refractivity contribution >= 4 is 23.5 Å². The van der Waals surface area contributed by atoms with Crippen LogP contribution >= 0.6 is 0 Å². The molecule has 0 amide bonds. The van der Waals surface area contributed by atoms with Crippen molar-refractivity contribution in [2.24, 2.45) is 10.9 Å². The zero-order valence-electron chi connectivity index (χ0n) is 19.0. The van der Waals surface area contributed by atoms with Gasteiger partial charge in [-0.25, -0.2) is 14.4 Å². The smallest absolute Gasteiger partial charge is 0.313 e. The van der Waals surface area contributed by atoms with Crippen molar-refractivity contribution in [2.45, 2.75) is 25.9 Å². The van der Waals surface area contributed by atoms with Gasteiger partial charge in [0.2, 0.25) is 5.95 Å². The number of nitrogens with zero attached hydrogens (tertiary/aromatic N) is 4. The maximum atomic E-state index is 15.0. The predicted octanol–water partition coefficient (Wildman–Crippen LogP) is 3.69. The van der Waals surface area contributed by atoms with Gasteiger partial charge in [-0.15, -0.1) is 0 Å². The van der Waals surface area contributed by atoms with Gasteiger partial charge in [0.25, 0.3) is 0 Å². The van der Waals surface area contributed by atoms with E-state index in [-0.39, 0.29) is 24.4 Å². The lowest BCUT2D eigenvalue weighted by molar-refractivity contribution is -0.143. The standard InChI is InChI=1S/C25H25FN6O3/c26-24-17(16-34-23(33)13-22(27)28)5-4-8-21(24)18-14-29-25(30-15-18)32-11-9-19(10-12-32)31-35-20-6-2-1-3-7-20/h1-8,14-15H,9-13,16H2,(H3,27,28). The van der Waals surface area contributed by atoms with E-state index in [0.29, 0.717) is 35.9 Å². The van der Waals surface area contributed by atoms with Crippen LogP contribution < -0.4 is 15.5 Å². The lowest BCUT2D eigenvalue weighted by Gasteiger charge is -2.27. The number of hydrogen-bond donors (Lipinski definition) is 2. The van der Waals surface area contributed by atoms with Gasteiger partial charge in [-0.05, 0) is 12.1 Å². The number of anilines is 1. The summed E-state index contributed by atoms with van der Waals surface area (Å²) in [4.78, 5) is 28.0. The van der Waals surface area contributed by atoms with E-state index in [1.54, 1.807) is 24.5 Å². The molecule has 2 aromatic carbocycles. The zero-order chi connectivity index (χ0) is 24.6. The fourth-order valence-corrected chi connectivity index (χ4v) is 3.56. The van der Waals surface area contributed by atoms with Crippen LogP contribution in [-0.2, 0) is 16.1 Å². The Morgan fingerprint density at radius 1 is 1.09 bits per heavy atom. The van der Waals surface area contributed by atoms with Crippen molar-refractivity contribution in [3.05, 3.63) is 72.3 Å². The molecule has 4 rings (SSSR count). The molecule has 0 radical (unpaired) electrons. The monoisotopic (exact) mass is 476 g/mol. The minimum absolute atomic E-state index is 0.212. The number of esters is 1. The fourth-order valence-electron chi connectivity index (χ4n) is 3.56. The number of oxime groups is 1. The summed E-state index contributed by atoms with van der Waals surface area (Å²) < 4.78 is 20.0. The third-order valence-corrected chi connectivity index (χ3v) is 5.40. The van der Waals surface area contributed by atoms with Gasteiger partial charge in [-0.3, -0.25) is 10.2 Å². The quantitative estimate of drug-likeness (QED) is 0.220. The summed E-state index contributed by atoms with van der Waals surface area (Å²) in [6, 6.07) is 14.2. The SMILES string of the molecule is N=C(N)CC(=O)OCc1cccc(-c2cnc(N3CCC(=NOc4ccccc4)CC3)nc2)c1F. The molecule has 1 aliphatic rings. The van der Waals surface area contributed by atoms with Crippen molar-refractivity contribution < 1.29 is 18.8 Å². The predicted molar refractivity (Wildman–Crippen MR) is 130 cm³/mol. The first-order valence-corrected chi connectivity index (χ1v) is 11.1. The molecule has 0 unspecified atom stereocenters. The molecule has 0 bridgehead atoms. The van der Waals surface area contributed by atoms with Gasteiger partial charge in [0.1, 0.15) is 24.7 Å². The summed E-state index contributed by atoms with van der Waals surface area (Å²) in [5.74, 6) is -0.245. The van der Waals surface area contributed by atoms with E-state index in [9.17, 15) is 4.79 Å². The number of ether oxygens (including phenoxy) is 1. The van der Waals surface area contributed by atoms with E-state index in [1.165, 1.54) is 6.07 Å². The molecular formula is C25H25FN6O3. The first-order valence-electron chi connectivity index (χ1n) is 11.1. The van der Waals surface area contributed by atoms with Gasteiger partial charge < -0.3 is 20.2 Å². The van der Waals surface area contributed by atoms with Crippen molar-refractivity contribution in [1.82, 2.24) is 9.97 Å². The van der Waals surface area contributed by atoms with Gasteiger partial charge in [0, 0.05) is 55.0 Å². The number of rotatable bonds is 8. The largest absolute Gasteiger partial charge is 0.460 e. The molecule has 0 saturated carbocycles. The highest BCUT2D eigenvalue weighted by Crippen LogP contribution is 2.26. The number of benzene rings is 2. The molecule has 180 valence electrons. The van der Waals surface area contributed by atoms with Crippen LogP contribution in [-0.4, -0.2) is 40.6 Å². The molecule has 0 atom stereocenters. The molecule has 1 fully saturated rings. The summed E-state index contributed by atoms with van der Waals surface area (Å²) in [5, 5.41) is 11.4. The van der Waals surface area contributed by atoms with E-state index in [4.69, 9.17) is 20.7 Å². The van der Waals surface area contributed by atoms with Crippen LogP contribution in [0.3, 0.4) is 0 Å². The maximum absolute atomic E-state index is 15.0. The second-order valence-corrected chi connectivity index (χ2v) is 7.96. The summed E-state index contributed by atoms with van der Waals surface area (Å²) in [7, 11) is 0. The van der Waals surface area contributed by atoms with Gasteiger partial charge in [-0.1, -0.05) is 41.6 Å². The van der Waals surface area contributed by atoms with Crippen LogP contribution in [0.25, 0.3) is 11.1 Å². The number of nitrogens with one attached hydrogen (secondary N) is 1. The van der Waals surface area contributed by atoms with Crippen molar-refractivity contribution in [3.63, 3.8) is 0 Å². The fraction of sp³-hybridized carbons (Fsp3) is 0.240. The Labute approximate surface area is 201 Å². The molecule has 1 saturated heterocycles. The lowest BCUT2D eigenvalue weighted by Crippen LogP contribution is -2.35. The Hall–Kier alpha value is -4.34. The third-order valence-electron chi connectivity index (χ3n) is 5.40. The number of para-hydroxylation sites is 1. The maximum Gasteiger partial charge on any atom is 0.313 e. The molecular weight excluding hydrogens is 451 g/mol. The van der Waals surface area contributed by atoms with Gasteiger partial charge in [0.05, 0.1) is 5.71 Å². The number of hydrogen-bond acceptors (Lipinski definition) is 8.